The van der Waals surface area contributed by atoms with Gasteiger partial charge in [-0.05, 0) is 24.6 Å². The molecule has 4 heteroatoms. The van der Waals surface area contributed by atoms with Crippen LogP contribution in [0.4, 0.5) is 0 Å². The van der Waals surface area contributed by atoms with E-state index in [1.54, 1.807) is 6.07 Å². The van der Waals surface area contributed by atoms with Gasteiger partial charge in [0.1, 0.15) is 5.15 Å². The predicted octanol–water partition coefficient (Wildman–Crippen LogP) is 5.53. The largest absolute Gasteiger partial charge is 0.228 e. The van der Waals surface area contributed by atoms with Gasteiger partial charge in [-0.15, -0.1) is 0 Å². The van der Waals surface area contributed by atoms with Crippen LogP contribution < -0.4 is 0 Å². The molecule has 0 fully saturated rings. The van der Waals surface area contributed by atoms with Crippen molar-refractivity contribution in [1.82, 2.24) is 9.97 Å². The van der Waals surface area contributed by atoms with Crippen LogP contribution in [-0.4, -0.2) is 9.97 Å². The third-order valence-corrected chi connectivity index (χ3v) is 3.98. The molecular weight excluding hydrogens is 348 g/mol. The second-order valence-electron chi connectivity index (χ2n) is 4.75. The number of rotatable bonds is 2. The van der Waals surface area contributed by atoms with Crippen LogP contribution in [0.3, 0.4) is 0 Å². The highest BCUT2D eigenvalue weighted by Crippen LogP contribution is 2.29. The maximum absolute atomic E-state index is 6.17. The van der Waals surface area contributed by atoms with Crippen LogP contribution in [-0.2, 0) is 0 Å². The molecule has 0 aliphatic carbocycles. The van der Waals surface area contributed by atoms with Gasteiger partial charge in [-0.1, -0.05) is 63.9 Å². The van der Waals surface area contributed by atoms with Gasteiger partial charge >= 0.3 is 0 Å². The highest BCUT2D eigenvalue weighted by atomic mass is 79.9. The normalized spacial score (nSPS) is 10.6. The van der Waals surface area contributed by atoms with E-state index in [0.29, 0.717) is 11.0 Å². The molecule has 3 aromatic rings. The molecule has 0 radical (unpaired) electrons. The van der Waals surface area contributed by atoms with Gasteiger partial charge in [-0.3, -0.25) is 0 Å². The minimum Gasteiger partial charge on any atom is -0.228 e. The van der Waals surface area contributed by atoms with E-state index in [0.717, 1.165) is 21.3 Å². The summed E-state index contributed by atoms with van der Waals surface area (Å²) in [5.74, 6) is 0.619. The third kappa shape index (κ3) is 3.14. The zero-order chi connectivity index (χ0) is 14.8. The Kier molecular flexibility index (Phi) is 4.04. The van der Waals surface area contributed by atoms with Crippen LogP contribution in [0, 0.1) is 6.92 Å². The Morgan fingerprint density at radius 1 is 0.952 bits per heavy atom. The summed E-state index contributed by atoms with van der Waals surface area (Å²) in [6.45, 7) is 2.04. The number of benzene rings is 2. The van der Waals surface area contributed by atoms with Gasteiger partial charge in [0.2, 0.25) is 0 Å². The summed E-state index contributed by atoms with van der Waals surface area (Å²) >= 11 is 9.73. The van der Waals surface area contributed by atoms with Crippen LogP contribution in [0.1, 0.15) is 5.56 Å². The first-order valence-electron chi connectivity index (χ1n) is 6.50. The quantitative estimate of drug-likeness (QED) is 0.562. The summed E-state index contributed by atoms with van der Waals surface area (Å²) in [5.41, 5.74) is 3.94. The Morgan fingerprint density at radius 3 is 2.43 bits per heavy atom. The number of hydrogen-bond donors (Lipinski definition) is 0. The molecular formula is C17H12BrClN2. The minimum atomic E-state index is 0.436. The molecule has 104 valence electrons. The fourth-order valence-electron chi connectivity index (χ4n) is 2.10. The number of halogens is 2. The van der Waals surface area contributed by atoms with E-state index in [1.807, 2.05) is 55.5 Å². The lowest BCUT2D eigenvalue weighted by molar-refractivity contribution is 1.17. The Labute approximate surface area is 137 Å². The summed E-state index contributed by atoms with van der Waals surface area (Å²) in [4.78, 5) is 8.98. The van der Waals surface area contributed by atoms with Crippen molar-refractivity contribution in [3.63, 3.8) is 0 Å². The molecule has 0 atom stereocenters. The van der Waals surface area contributed by atoms with Crippen molar-refractivity contribution in [2.75, 3.05) is 0 Å². The highest BCUT2D eigenvalue weighted by Gasteiger charge is 2.10. The van der Waals surface area contributed by atoms with Crippen LogP contribution in [0.25, 0.3) is 22.6 Å². The SMILES string of the molecule is Cc1ccc(-c2nc(Cl)cc(-c3ccccc3)n2)c(Br)c1. The topological polar surface area (TPSA) is 25.8 Å². The Bertz CT molecular complexity index is 788. The van der Waals surface area contributed by atoms with Gasteiger partial charge in [0.15, 0.2) is 5.82 Å². The van der Waals surface area contributed by atoms with Crippen molar-refractivity contribution in [2.45, 2.75) is 6.92 Å². The molecule has 0 aliphatic rings. The van der Waals surface area contributed by atoms with Crippen molar-refractivity contribution in [2.24, 2.45) is 0 Å². The van der Waals surface area contributed by atoms with Gasteiger partial charge in [0.05, 0.1) is 5.69 Å². The first-order chi connectivity index (χ1) is 10.1. The lowest BCUT2D eigenvalue weighted by Crippen LogP contribution is -1.94. The van der Waals surface area contributed by atoms with Crippen LogP contribution in [0.15, 0.2) is 59.1 Å². The van der Waals surface area contributed by atoms with E-state index in [-0.39, 0.29) is 0 Å². The monoisotopic (exact) mass is 358 g/mol. The molecule has 0 bridgehead atoms. The molecule has 0 aliphatic heterocycles. The lowest BCUT2D eigenvalue weighted by atomic mass is 10.1. The van der Waals surface area contributed by atoms with Gasteiger partial charge < -0.3 is 0 Å². The summed E-state index contributed by atoms with van der Waals surface area (Å²) in [5, 5.41) is 0.436. The molecule has 0 saturated heterocycles. The molecule has 0 saturated carbocycles. The summed E-state index contributed by atoms with van der Waals surface area (Å²) < 4.78 is 0.962. The average Bonchev–Trinajstić information content (AvgIpc) is 2.47. The first kappa shape index (κ1) is 14.2. The highest BCUT2D eigenvalue weighted by molar-refractivity contribution is 9.10. The van der Waals surface area contributed by atoms with E-state index in [1.165, 1.54) is 5.56 Å². The molecule has 0 amide bonds. The molecule has 2 aromatic carbocycles. The van der Waals surface area contributed by atoms with Crippen LogP contribution >= 0.6 is 27.5 Å². The second kappa shape index (κ2) is 5.96. The van der Waals surface area contributed by atoms with E-state index < -0.39 is 0 Å². The van der Waals surface area contributed by atoms with Gasteiger partial charge in [0.25, 0.3) is 0 Å². The van der Waals surface area contributed by atoms with Crippen molar-refractivity contribution in [3.8, 4) is 22.6 Å². The molecule has 0 spiro atoms. The number of aryl methyl sites for hydroxylation is 1. The summed E-state index contributed by atoms with van der Waals surface area (Å²) in [6, 6.07) is 17.8. The Hall–Kier alpha value is -1.71. The molecule has 0 unspecified atom stereocenters. The lowest BCUT2D eigenvalue weighted by Gasteiger charge is -2.08. The third-order valence-electron chi connectivity index (χ3n) is 3.13. The molecule has 1 aromatic heterocycles. The van der Waals surface area contributed by atoms with Crippen molar-refractivity contribution in [1.29, 1.82) is 0 Å². The smallest absolute Gasteiger partial charge is 0.162 e. The minimum absolute atomic E-state index is 0.436. The van der Waals surface area contributed by atoms with Crippen LogP contribution in [0.5, 0.6) is 0 Å². The number of hydrogen-bond acceptors (Lipinski definition) is 2. The van der Waals surface area contributed by atoms with Gasteiger partial charge in [-0.2, -0.15) is 0 Å². The molecule has 21 heavy (non-hydrogen) atoms. The fourth-order valence-corrected chi connectivity index (χ4v) is 2.95. The maximum Gasteiger partial charge on any atom is 0.162 e. The molecule has 3 rings (SSSR count). The molecule has 1 heterocycles. The van der Waals surface area contributed by atoms with Gasteiger partial charge in [-0.25, -0.2) is 9.97 Å². The molecule has 2 nitrogen and oxygen atoms in total. The summed E-state index contributed by atoms with van der Waals surface area (Å²) in [7, 11) is 0. The Balaban J connectivity index is 2.14. The zero-order valence-corrected chi connectivity index (χ0v) is 13.7. The van der Waals surface area contributed by atoms with Crippen molar-refractivity contribution >= 4 is 27.5 Å². The van der Waals surface area contributed by atoms with Crippen LogP contribution in [0.2, 0.25) is 5.15 Å². The van der Waals surface area contributed by atoms with Crippen molar-refractivity contribution in [3.05, 3.63) is 69.8 Å². The zero-order valence-electron chi connectivity index (χ0n) is 11.3. The van der Waals surface area contributed by atoms with Crippen molar-refractivity contribution < 1.29 is 0 Å². The average molecular weight is 360 g/mol. The van der Waals surface area contributed by atoms with E-state index in [9.17, 15) is 0 Å². The van der Waals surface area contributed by atoms with E-state index >= 15 is 0 Å². The first-order valence-corrected chi connectivity index (χ1v) is 7.67. The predicted molar refractivity (Wildman–Crippen MR) is 90.4 cm³/mol. The van der Waals surface area contributed by atoms with E-state index in [2.05, 4.69) is 25.9 Å². The fraction of sp³-hybridized carbons (Fsp3) is 0.0588. The second-order valence-corrected chi connectivity index (χ2v) is 5.99. The Morgan fingerprint density at radius 2 is 1.71 bits per heavy atom. The molecule has 0 N–H and O–H groups in total. The summed E-state index contributed by atoms with van der Waals surface area (Å²) in [6.07, 6.45) is 0. The van der Waals surface area contributed by atoms with E-state index in [4.69, 9.17) is 11.6 Å². The number of nitrogens with zero attached hydrogens (tertiary/aromatic N) is 2. The number of aromatic nitrogens is 2. The maximum atomic E-state index is 6.17. The standard InChI is InChI=1S/C17H12BrClN2/c1-11-7-8-13(14(18)9-11)17-20-15(10-16(19)21-17)12-5-3-2-4-6-12/h2-10H,1H3. The van der Waals surface area contributed by atoms with Gasteiger partial charge in [0, 0.05) is 21.7 Å².